The van der Waals surface area contributed by atoms with Crippen LogP contribution in [0.2, 0.25) is 0 Å². The zero-order valence-corrected chi connectivity index (χ0v) is 20.7. The van der Waals surface area contributed by atoms with E-state index in [1.54, 1.807) is 13.4 Å². The molecule has 0 spiro atoms. The molecule has 3 aromatic heterocycles. The van der Waals surface area contributed by atoms with Gasteiger partial charge in [-0.2, -0.15) is 0 Å². The molecule has 9 heteroatoms. The second-order valence-electron chi connectivity index (χ2n) is 9.22. The SMILES string of the molecule is COC(CCn1cnc2c(N)ncnc21)CN(CCCCc1nc2c(C)cccc2[nH]1)C(C)C. The Kier molecular flexibility index (Phi) is 7.74. The average molecular weight is 465 g/mol. The van der Waals surface area contributed by atoms with E-state index in [9.17, 15) is 0 Å². The highest BCUT2D eigenvalue weighted by Crippen LogP contribution is 2.18. The first-order chi connectivity index (χ1) is 16.5. The van der Waals surface area contributed by atoms with Crippen molar-refractivity contribution in [3.05, 3.63) is 42.2 Å². The molecule has 0 bridgehead atoms. The Hall–Kier alpha value is -3.04. The summed E-state index contributed by atoms with van der Waals surface area (Å²) in [5, 5.41) is 0. The van der Waals surface area contributed by atoms with Crippen LogP contribution in [0.15, 0.2) is 30.9 Å². The first-order valence-electron chi connectivity index (χ1n) is 12.1. The molecule has 0 fully saturated rings. The predicted molar refractivity (Wildman–Crippen MR) is 136 cm³/mol. The average Bonchev–Trinajstić information content (AvgIpc) is 3.43. The number of para-hydroxylation sites is 1. The fourth-order valence-electron chi connectivity index (χ4n) is 4.40. The van der Waals surface area contributed by atoms with Gasteiger partial charge in [0.15, 0.2) is 11.5 Å². The van der Waals surface area contributed by atoms with Crippen LogP contribution in [0.5, 0.6) is 0 Å². The molecular weight excluding hydrogens is 428 g/mol. The summed E-state index contributed by atoms with van der Waals surface area (Å²) in [5.74, 6) is 1.49. The lowest BCUT2D eigenvalue weighted by Gasteiger charge is -2.30. The lowest BCUT2D eigenvalue weighted by Crippen LogP contribution is -2.39. The molecule has 3 heterocycles. The fourth-order valence-corrected chi connectivity index (χ4v) is 4.40. The van der Waals surface area contributed by atoms with E-state index in [2.05, 4.69) is 63.8 Å². The van der Waals surface area contributed by atoms with Gasteiger partial charge in [0.05, 0.1) is 23.5 Å². The number of imidazole rings is 2. The number of aromatic nitrogens is 6. The first kappa shape index (κ1) is 24.1. The highest BCUT2D eigenvalue weighted by atomic mass is 16.5. The third kappa shape index (κ3) is 5.53. The molecular formula is C25H36N8O. The third-order valence-corrected chi connectivity index (χ3v) is 6.50. The molecule has 1 atom stereocenters. The summed E-state index contributed by atoms with van der Waals surface area (Å²) in [6, 6.07) is 6.73. The standard InChI is InChI=1S/C25H36N8O/c1-17(2)32(12-6-5-10-21-30-20-9-7-8-18(3)22(20)31-21)14-19(34-4)11-13-33-16-29-23-24(26)27-15-28-25(23)33/h7-9,15-17,19H,5-6,10-14H2,1-4H3,(H,30,31)(H2,26,27,28). The number of hydrogen-bond donors (Lipinski definition) is 2. The molecule has 0 radical (unpaired) electrons. The number of nitrogens with two attached hydrogens (primary N) is 1. The minimum absolute atomic E-state index is 0.123. The van der Waals surface area contributed by atoms with Crippen LogP contribution in [0.1, 0.15) is 44.5 Å². The van der Waals surface area contributed by atoms with Gasteiger partial charge in [0.25, 0.3) is 0 Å². The Morgan fingerprint density at radius 2 is 2.00 bits per heavy atom. The number of ether oxygens (including phenoxy) is 1. The molecule has 1 unspecified atom stereocenters. The van der Waals surface area contributed by atoms with Crippen LogP contribution >= 0.6 is 0 Å². The molecule has 1 aromatic carbocycles. The van der Waals surface area contributed by atoms with E-state index in [0.717, 1.165) is 67.8 Å². The normalized spacial score (nSPS) is 13.0. The third-order valence-electron chi connectivity index (χ3n) is 6.50. The summed E-state index contributed by atoms with van der Waals surface area (Å²) in [5.41, 5.74) is 10.8. The second kappa shape index (κ2) is 10.9. The van der Waals surface area contributed by atoms with Crippen molar-refractivity contribution >= 4 is 28.0 Å². The van der Waals surface area contributed by atoms with Gasteiger partial charge in [-0.25, -0.2) is 19.9 Å². The van der Waals surface area contributed by atoms with Gasteiger partial charge in [0.2, 0.25) is 0 Å². The molecule has 182 valence electrons. The monoisotopic (exact) mass is 464 g/mol. The number of rotatable bonds is 12. The predicted octanol–water partition coefficient (Wildman–Crippen LogP) is 3.73. The molecule has 3 N–H and O–H groups in total. The van der Waals surface area contributed by atoms with Crippen LogP contribution in [0.25, 0.3) is 22.2 Å². The van der Waals surface area contributed by atoms with E-state index in [4.69, 9.17) is 15.5 Å². The number of H-pyrrole nitrogens is 1. The Morgan fingerprint density at radius 3 is 2.76 bits per heavy atom. The van der Waals surface area contributed by atoms with Crippen LogP contribution in [-0.2, 0) is 17.7 Å². The summed E-state index contributed by atoms with van der Waals surface area (Å²) in [6.45, 7) is 9.30. The maximum atomic E-state index is 5.91. The highest BCUT2D eigenvalue weighted by Gasteiger charge is 2.17. The molecule has 0 aliphatic rings. The topological polar surface area (TPSA) is 111 Å². The summed E-state index contributed by atoms with van der Waals surface area (Å²) in [4.78, 5) is 23.5. The minimum Gasteiger partial charge on any atom is -0.382 e. The largest absolute Gasteiger partial charge is 0.382 e. The van der Waals surface area contributed by atoms with E-state index in [1.165, 1.54) is 11.9 Å². The first-order valence-corrected chi connectivity index (χ1v) is 12.1. The number of fused-ring (bicyclic) bond motifs is 2. The number of methoxy groups -OCH3 is 1. The maximum Gasteiger partial charge on any atom is 0.165 e. The fraction of sp³-hybridized carbons (Fsp3) is 0.520. The summed E-state index contributed by atoms with van der Waals surface area (Å²) in [7, 11) is 1.79. The zero-order chi connectivity index (χ0) is 24.1. The van der Waals surface area contributed by atoms with Crippen molar-refractivity contribution in [2.45, 2.75) is 65.1 Å². The van der Waals surface area contributed by atoms with Crippen LogP contribution in [0.4, 0.5) is 5.82 Å². The van der Waals surface area contributed by atoms with E-state index < -0.39 is 0 Å². The van der Waals surface area contributed by atoms with Crippen molar-refractivity contribution < 1.29 is 4.74 Å². The van der Waals surface area contributed by atoms with Gasteiger partial charge < -0.3 is 20.0 Å². The Morgan fingerprint density at radius 1 is 1.15 bits per heavy atom. The number of nitrogens with one attached hydrogen (secondary N) is 1. The smallest absolute Gasteiger partial charge is 0.165 e. The van der Waals surface area contributed by atoms with Crippen LogP contribution < -0.4 is 5.73 Å². The number of aryl methyl sites for hydroxylation is 3. The van der Waals surface area contributed by atoms with E-state index >= 15 is 0 Å². The van der Waals surface area contributed by atoms with Crippen LogP contribution in [0.3, 0.4) is 0 Å². The number of hydrogen-bond acceptors (Lipinski definition) is 7. The van der Waals surface area contributed by atoms with Gasteiger partial charge in [0.1, 0.15) is 17.7 Å². The molecule has 34 heavy (non-hydrogen) atoms. The Labute approximate surface area is 200 Å². The Bertz CT molecular complexity index is 1210. The van der Waals surface area contributed by atoms with Crippen molar-refractivity contribution in [1.82, 2.24) is 34.4 Å². The van der Waals surface area contributed by atoms with Crippen molar-refractivity contribution in [3.8, 4) is 0 Å². The van der Waals surface area contributed by atoms with E-state index in [1.807, 2.05) is 4.57 Å². The van der Waals surface area contributed by atoms with Gasteiger partial charge in [-0.05, 0) is 58.2 Å². The minimum atomic E-state index is 0.123. The summed E-state index contributed by atoms with van der Waals surface area (Å²) in [6.07, 6.45) is 7.44. The molecule has 0 saturated carbocycles. The number of nitrogen functional groups attached to an aromatic ring is 1. The molecule has 4 rings (SSSR count). The van der Waals surface area contributed by atoms with Gasteiger partial charge in [-0.3, -0.25) is 4.90 Å². The molecule has 4 aromatic rings. The quantitative estimate of drug-likeness (QED) is 0.307. The van der Waals surface area contributed by atoms with Gasteiger partial charge in [-0.1, -0.05) is 12.1 Å². The van der Waals surface area contributed by atoms with E-state index in [-0.39, 0.29) is 6.10 Å². The number of nitrogens with zero attached hydrogens (tertiary/aromatic N) is 6. The van der Waals surface area contributed by atoms with Gasteiger partial charge in [-0.15, -0.1) is 0 Å². The van der Waals surface area contributed by atoms with Crippen LogP contribution in [0, 0.1) is 6.92 Å². The Balaban J connectivity index is 1.27. The van der Waals surface area contributed by atoms with E-state index in [0.29, 0.717) is 17.4 Å². The lowest BCUT2D eigenvalue weighted by atomic mass is 10.1. The highest BCUT2D eigenvalue weighted by molar-refractivity contribution is 5.81. The number of aromatic amines is 1. The van der Waals surface area contributed by atoms with Crippen molar-refractivity contribution in [3.63, 3.8) is 0 Å². The maximum absolute atomic E-state index is 5.91. The molecule has 0 aliphatic heterocycles. The molecule has 0 aliphatic carbocycles. The number of benzene rings is 1. The molecule has 0 saturated heterocycles. The lowest BCUT2D eigenvalue weighted by molar-refractivity contribution is 0.0447. The van der Waals surface area contributed by atoms with Gasteiger partial charge >= 0.3 is 0 Å². The summed E-state index contributed by atoms with van der Waals surface area (Å²) < 4.78 is 7.86. The number of unbranched alkanes of at least 4 members (excludes halogenated alkanes) is 1. The summed E-state index contributed by atoms with van der Waals surface area (Å²) >= 11 is 0. The van der Waals surface area contributed by atoms with Gasteiger partial charge in [0, 0.05) is 32.7 Å². The molecule has 0 amide bonds. The van der Waals surface area contributed by atoms with Crippen molar-refractivity contribution in [2.75, 3.05) is 25.9 Å². The van der Waals surface area contributed by atoms with Crippen LogP contribution in [-0.4, -0.2) is 66.7 Å². The van der Waals surface area contributed by atoms with Crippen molar-refractivity contribution in [2.24, 2.45) is 0 Å². The molecule has 9 nitrogen and oxygen atoms in total. The second-order valence-corrected chi connectivity index (χ2v) is 9.22. The number of anilines is 1. The zero-order valence-electron chi connectivity index (χ0n) is 20.7. The van der Waals surface area contributed by atoms with Crippen molar-refractivity contribution in [1.29, 1.82) is 0 Å².